The zero-order valence-corrected chi connectivity index (χ0v) is 23.1. The van der Waals surface area contributed by atoms with E-state index in [2.05, 4.69) is 76.9 Å². The van der Waals surface area contributed by atoms with Crippen LogP contribution in [0.15, 0.2) is 45.3 Å². The molecule has 0 aliphatic carbocycles. The van der Waals surface area contributed by atoms with Crippen molar-refractivity contribution < 1.29 is 0 Å². The van der Waals surface area contributed by atoms with Crippen molar-refractivity contribution in [2.75, 3.05) is 51.8 Å². The van der Waals surface area contributed by atoms with Crippen LogP contribution in [0.5, 0.6) is 0 Å². The SMILES string of the molecule is CCc1c(Nc2cc(C)[nH]n2)nc(Sc2ccc(SC)cc2)nc1C1CCN(CCN(C)C)CC1. The number of aromatic amines is 1. The average molecular weight is 512 g/mol. The quantitative estimate of drug-likeness (QED) is 0.276. The van der Waals surface area contributed by atoms with Crippen molar-refractivity contribution in [1.29, 1.82) is 0 Å². The normalized spacial score (nSPS) is 15.1. The number of rotatable bonds is 10. The summed E-state index contributed by atoms with van der Waals surface area (Å²) in [5, 5.41) is 11.7. The number of nitrogens with zero attached hydrogens (tertiary/aromatic N) is 5. The van der Waals surface area contributed by atoms with E-state index in [1.54, 1.807) is 23.5 Å². The fraction of sp³-hybridized carbons (Fsp3) is 0.500. The third kappa shape index (κ3) is 7.00. The molecule has 0 saturated carbocycles. The van der Waals surface area contributed by atoms with Crippen LogP contribution in [0.25, 0.3) is 0 Å². The lowest BCUT2D eigenvalue weighted by molar-refractivity contribution is 0.192. The van der Waals surface area contributed by atoms with Gasteiger partial charge in [-0.15, -0.1) is 11.8 Å². The first-order valence-electron chi connectivity index (χ1n) is 12.3. The molecule has 35 heavy (non-hydrogen) atoms. The molecule has 0 radical (unpaired) electrons. The second kappa shape index (κ2) is 12.3. The molecule has 3 aromatic rings. The van der Waals surface area contributed by atoms with Crippen molar-refractivity contribution in [3.8, 4) is 0 Å². The highest BCUT2D eigenvalue weighted by Gasteiger charge is 2.26. The Labute approximate surface area is 217 Å². The fourth-order valence-electron chi connectivity index (χ4n) is 4.44. The van der Waals surface area contributed by atoms with Crippen LogP contribution in [0, 0.1) is 6.92 Å². The van der Waals surface area contributed by atoms with E-state index in [4.69, 9.17) is 9.97 Å². The topological polar surface area (TPSA) is 73.0 Å². The van der Waals surface area contributed by atoms with Crippen LogP contribution in [-0.4, -0.2) is 76.5 Å². The summed E-state index contributed by atoms with van der Waals surface area (Å²) in [6, 6.07) is 10.6. The molecule has 0 amide bonds. The number of aromatic nitrogens is 4. The Morgan fingerprint density at radius 3 is 2.43 bits per heavy atom. The van der Waals surface area contributed by atoms with Gasteiger partial charge in [0.1, 0.15) is 5.82 Å². The second-order valence-electron chi connectivity index (χ2n) is 9.33. The van der Waals surface area contributed by atoms with Crippen molar-refractivity contribution in [2.24, 2.45) is 0 Å². The molecule has 4 rings (SSSR count). The van der Waals surface area contributed by atoms with E-state index in [0.29, 0.717) is 5.92 Å². The van der Waals surface area contributed by atoms with Gasteiger partial charge < -0.3 is 15.1 Å². The summed E-state index contributed by atoms with van der Waals surface area (Å²) in [5.41, 5.74) is 3.43. The number of likely N-dealkylation sites (tertiary alicyclic amines) is 1. The van der Waals surface area contributed by atoms with E-state index >= 15 is 0 Å². The van der Waals surface area contributed by atoms with Gasteiger partial charge in [-0.25, -0.2) is 9.97 Å². The van der Waals surface area contributed by atoms with Gasteiger partial charge in [-0.05, 0) is 95.7 Å². The van der Waals surface area contributed by atoms with Crippen molar-refractivity contribution in [3.63, 3.8) is 0 Å². The molecule has 1 fully saturated rings. The van der Waals surface area contributed by atoms with Crippen LogP contribution < -0.4 is 5.32 Å². The largest absolute Gasteiger partial charge is 0.323 e. The Kier molecular flexibility index (Phi) is 9.10. The number of hydrogen-bond donors (Lipinski definition) is 2. The van der Waals surface area contributed by atoms with Gasteiger partial charge in [-0.2, -0.15) is 5.10 Å². The molecule has 1 saturated heterocycles. The molecule has 2 N–H and O–H groups in total. The molecular weight excluding hydrogens is 474 g/mol. The van der Waals surface area contributed by atoms with Gasteiger partial charge in [-0.3, -0.25) is 5.10 Å². The van der Waals surface area contributed by atoms with Crippen LogP contribution in [0.4, 0.5) is 11.6 Å². The summed E-state index contributed by atoms with van der Waals surface area (Å²) < 4.78 is 0. The number of hydrogen-bond acceptors (Lipinski definition) is 8. The van der Waals surface area contributed by atoms with Crippen molar-refractivity contribution >= 4 is 35.2 Å². The number of thioether (sulfide) groups is 1. The molecule has 1 aliphatic rings. The van der Waals surface area contributed by atoms with Gasteiger partial charge in [0.15, 0.2) is 11.0 Å². The van der Waals surface area contributed by atoms with Crippen LogP contribution >= 0.6 is 23.5 Å². The summed E-state index contributed by atoms with van der Waals surface area (Å²) in [6.45, 7) is 8.67. The lowest BCUT2D eigenvalue weighted by Gasteiger charge is -2.33. The highest BCUT2D eigenvalue weighted by Crippen LogP contribution is 2.36. The van der Waals surface area contributed by atoms with E-state index in [9.17, 15) is 0 Å². The molecule has 0 unspecified atom stereocenters. The maximum absolute atomic E-state index is 5.16. The maximum Gasteiger partial charge on any atom is 0.194 e. The Balaban J connectivity index is 1.61. The summed E-state index contributed by atoms with van der Waals surface area (Å²) in [7, 11) is 4.29. The highest BCUT2D eigenvalue weighted by atomic mass is 32.2. The molecule has 7 nitrogen and oxygen atoms in total. The number of nitrogens with one attached hydrogen (secondary N) is 2. The third-order valence-corrected chi connectivity index (χ3v) is 8.05. The minimum atomic E-state index is 0.447. The van der Waals surface area contributed by atoms with Gasteiger partial charge in [0, 0.05) is 46.1 Å². The number of likely N-dealkylation sites (N-methyl/N-ethyl adjacent to an activating group) is 1. The Hall–Kier alpha value is -2.07. The van der Waals surface area contributed by atoms with Crippen LogP contribution in [0.3, 0.4) is 0 Å². The first-order chi connectivity index (χ1) is 16.9. The molecule has 3 heterocycles. The van der Waals surface area contributed by atoms with E-state index in [1.807, 2.05) is 13.0 Å². The van der Waals surface area contributed by atoms with Gasteiger partial charge in [-0.1, -0.05) is 6.92 Å². The summed E-state index contributed by atoms with van der Waals surface area (Å²) in [4.78, 5) is 17.4. The van der Waals surface area contributed by atoms with Crippen LogP contribution in [0.1, 0.15) is 42.6 Å². The number of piperidine rings is 1. The highest BCUT2D eigenvalue weighted by molar-refractivity contribution is 7.99. The smallest absolute Gasteiger partial charge is 0.194 e. The molecule has 2 aromatic heterocycles. The van der Waals surface area contributed by atoms with Gasteiger partial charge >= 0.3 is 0 Å². The van der Waals surface area contributed by atoms with E-state index in [-0.39, 0.29) is 0 Å². The standard InChI is InChI=1S/C26H37N7S2/c1-6-22-24(19-11-13-33(14-12-19)16-15-32(3)4)28-26(35-21-9-7-20(34-5)8-10-21)29-25(22)27-23-17-18(2)30-31-23/h7-10,17,19H,6,11-16H2,1-5H3,(H2,27,28,29,30,31). The summed E-state index contributed by atoms with van der Waals surface area (Å²) in [6.07, 6.45) is 5.24. The molecular formula is C26H37N7S2. The second-order valence-corrected chi connectivity index (χ2v) is 11.3. The van der Waals surface area contributed by atoms with Crippen LogP contribution in [0.2, 0.25) is 0 Å². The number of anilines is 2. The van der Waals surface area contributed by atoms with Gasteiger partial charge in [0.25, 0.3) is 0 Å². The first-order valence-corrected chi connectivity index (χ1v) is 14.4. The number of benzene rings is 1. The zero-order chi connectivity index (χ0) is 24.8. The Morgan fingerprint density at radius 1 is 1.11 bits per heavy atom. The fourth-order valence-corrected chi connectivity index (χ4v) is 5.61. The Bertz CT molecular complexity index is 1090. The lowest BCUT2D eigenvalue weighted by Crippen LogP contribution is -2.37. The lowest BCUT2D eigenvalue weighted by atomic mass is 9.90. The van der Waals surface area contributed by atoms with Crippen molar-refractivity contribution in [1.82, 2.24) is 30.0 Å². The van der Waals surface area contributed by atoms with E-state index in [1.165, 1.54) is 16.2 Å². The summed E-state index contributed by atoms with van der Waals surface area (Å²) in [5.74, 6) is 2.12. The van der Waals surface area contributed by atoms with E-state index < -0.39 is 0 Å². The minimum absolute atomic E-state index is 0.447. The number of H-pyrrole nitrogens is 1. The predicted molar refractivity (Wildman–Crippen MR) is 147 cm³/mol. The molecule has 0 spiro atoms. The van der Waals surface area contributed by atoms with E-state index in [0.717, 1.165) is 72.8 Å². The first kappa shape index (κ1) is 26.0. The average Bonchev–Trinajstić information content (AvgIpc) is 3.27. The van der Waals surface area contributed by atoms with Crippen molar-refractivity contribution in [2.45, 2.75) is 54.0 Å². The zero-order valence-electron chi connectivity index (χ0n) is 21.5. The minimum Gasteiger partial charge on any atom is -0.323 e. The molecule has 188 valence electrons. The van der Waals surface area contributed by atoms with Crippen molar-refractivity contribution in [3.05, 3.63) is 47.3 Å². The number of aryl methyl sites for hydroxylation is 1. The molecule has 0 atom stereocenters. The molecule has 9 heteroatoms. The predicted octanol–water partition coefficient (Wildman–Crippen LogP) is 5.43. The Morgan fingerprint density at radius 2 is 1.83 bits per heavy atom. The third-order valence-electron chi connectivity index (χ3n) is 6.43. The molecule has 1 aliphatic heterocycles. The van der Waals surface area contributed by atoms with Gasteiger partial charge in [0.2, 0.25) is 0 Å². The van der Waals surface area contributed by atoms with Crippen LogP contribution in [-0.2, 0) is 6.42 Å². The molecule has 0 bridgehead atoms. The molecule has 1 aromatic carbocycles. The van der Waals surface area contributed by atoms with Gasteiger partial charge in [0.05, 0.1) is 5.69 Å². The maximum atomic E-state index is 5.16. The monoisotopic (exact) mass is 511 g/mol. The summed E-state index contributed by atoms with van der Waals surface area (Å²) >= 11 is 3.38.